The van der Waals surface area contributed by atoms with E-state index in [-0.39, 0.29) is 43.3 Å². The van der Waals surface area contributed by atoms with Gasteiger partial charge < -0.3 is 48.5 Å². The third-order valence-corrected chi connectivity index (χ3v) is 5.48. The zero-order valence-electron chi connectivity index (χ0n) is 20.4. The van der Waals surface area contributed by atoms with Crippen molar-refractivity contribution < 1.29 is 39.3 Å². The van der Waals surface area contributed by atoms with E-state index >= 15 is 0 Å². The van der Waals surface area contributed by atoms with Gasteiger partial charge in [0.2, 0.25) is 17.7 Å². The van der Waals surface area contributed by atoms with Crippen molar-refractivity contribution in [2.45, 2.75) is 49.9 Å². The number of thiol groups is 1. The van der Waals surface area contributed by atoms with E-state index in [9.17, 15) is 39.3 Å². The molecule has 1 aromatic rings. The number of aliphatic carboxylic acids is 2. The van der Waals surface area contributed by atoms with E-state index in [4.69, 9.17) is 17.2 Å². The number of aliphatic imine (C=N–C) groups is 1. The molecule has 1 aromatic carbocycles. The number of phenols is 1. The monoisotopic (exact) mass is 555 g/mol. The molecule has 38 heavy (non-hydrogen) atoms. The highest BCUT2D eigenvalue weighted by Crippen LogP contribution is 2.11. The summed E-state index contributed by atoms with van der Waals surface area (Å²) in [6, 6.07) is 0.507. The number of benzene rings is 1. The van der Waals surface area contributed by atoms with Crippen molar-refractivity contribution in [1.29, 1.82) is 0 Å². The summed E-state index contributed by atoms with van der Waals surface area (Å²) in [7, 11) is 0. The third kappa shape index (κ3) is 11.8. The van der Waals surface area contributed by atoms with Gasteiger partial charge in [-0.05, 0) is 37.0 Å². The Labute approximate surface area is 223 Å². The van der Waals surface area contributed by atoms with Crippen molar-refractivity contribution in [3.8, 4) is 5.75 Å². The molecule has 4 atom stereocenters. The SMILES string of the molecule is NC(N)=NCCCC(NC(=O)C(CS)NC(=O)C(CC(=O)O)NC(=O)C(N)Cc1ccc(O)cc1)C(=O)O. The lowest BCUT2D eigenvalue weighted by Crippen LogP contribution is -2.58. The first-order chi connectivity index (χ1) is 17.8. The molecule has 1 rings (SSSR count). The topological polar surface area (TPSA) is 273 Å². The zero-order chi connectivity index (χ0) is 28.8. The van der Waals surface area contributed by atoms with E-state index in [1.54, 1.807) is 12.1 Å². The van der Waals surface area contributed by atoms with Crippen LogP contribution in [0.2, 0.25) is 0 Å². The highest BCUT2D eigenvalue weighted by atomic mass is 32.1. The van der Waals surface area contributed by atoms with Crippen LogP contribution in [0.15, 0.2) is 29.3 Å². The molecule has 0 fully saturated rings. The molecule has 0 aliphatic rings. The highest BCUT2D eigenvalue weighted by Gasteiger charge is 2.31. The fourth-order valence-corrected chi connectivity index (χ4v) is 3.40. The molecule has 3 amide bonds. The van der Waals surface area contributed by atoms with Crippen LogP contribution in [0.1, 0.15) is 24.8 Å². The average molecular weight is 556 g/mol. The van der Waals surface area contributed by atoms with Crippen molar-refractivity contribution in [3.05, 3.63) is 29.8 Å². The number of carboxylic acid groups (broad SMARTS) is 2. The number of hydrogen-bond donors (Lipinski definition) is 10. The number of phenolic OH excluding ortho intramolecular Hbond substituents is 1. The van der Waals surface area contributed by atoms with Crippen LogP contribution in [-0.2, 0) is 30.4 Å². The normalized spacial score (nSPS) is 13.7. The summed E-state index contributed by atoms with van der Waals surface area (Å²) in [4.78, 5) is 64.5. The fraction of sp³-hybridized carbons (Fsp3) is 0.455. The number of hydrogen-bond acceptors (Lipinski definition) is 9. The maximum absolute atomic E-state index is 12.8. The van der Waals surface area contributed by atoms with E-state index in [2.05, 4.69) is 33.6 Å². The first-order valence-corrected chi connectivity index (χ1v) is 12.0. The van der Waals surface area contributed by atoms with E-state index in [0.29, 0.717) is 5.56 Å². The molecule has 0 saturated heterocycles. The maximum Gasteiger partial charge on any atom is 0.326 e. The van der Waals surface area contributed by atoms with Crippen molar-refractivity contribution in [2.75, 3.05) is 12.3 Å². The quantitative estimate of drug-likeness (QED) is 0.0432. The summed E-state index contributed by atoms with van der Waals surface area (Å²) < 4.78 is 0. The summed E-state index contributed by atoms with van der Waals surface area (Å²) in [6.07, 6.45) is -0.548. The second-order valence-corrected chi connectivity index (χ2v) is 8.59. The van der Waals surface area contributed by atoms with Crippen LogP contribution < -0.4 is 33.2 Å². The molecule has 0 heterocycles. The van der Waals surface area contributed by atoms with Crippen LogP contribution in [0.3, 0.4) is 0 Å². The standard InChI is InChI=1S/C22H33N7O8S/c23-13(8-11-3-5-12(30)6-4-11)18(33)28-15(9-17(31)32)19(34)29-16(10-38)20(35)27-14(21(36)37)2-1-7-26-22(24)25/h3-6,13-16,30,38H,1-2,7-10,23H2,(H,27,35)(H,28,33)(H,29,34)(H,31,32)(H,36,37)(H4,24,25,26). The average Bonchev–Trinajstić information content (AvgIpc) is 2.84. The number of carbonyl (C=O) groups is 5. The Kier molecular flexibility index (Phi) is 13.4. The summed E-state index contributed by atoms with van der Waals surface area (Å²) in [5, 5.41) is 34.7. The largest absolute Gasteiger partial charge is 0.508 e. The molecule has 210 valence electrons. The number of nitrogens with one attached hydrogen (secondary N) is 3. The van der Waals surface area contributed by atoms with Gasteiger partial charge in [0, 0.05) is 12.3 Å². The van der Waals surface area contributed by atoms with Gasteiger partial charge in [-0.25, -0.2) is 4.79 Å². The Morgan fingerprint density at radius 1 is 0.895 bits per heavy atom. The molecular weight excluding hydrogens is 522 g/mol. The number of carboxylic acids is 2. The van der Waals surface area contributed by atoms with Crippen molar-refractivity contribution >= 4 is 48.2 Å². The summed E-state index contributed by atoms with van der Waals surface area (Å²) >= 11 is 4.01. The smallest absolute Gasteiger partial charge is 0.326 e. The number of aromatic hydroxyl groups is 1. The lowest BCUT2D eigenvalue weighted by atomic mass is 10.0. The van der Waals surface area contributed by atoms with Gasteiger partial charge in [0.05, 0.1) is 12.5 Å². The molecule has 0 aromatic heterocycles. The molecule has 0 saturated carbocycles. The predicted octanol–water partition coefficient (Wildman–Crippen LogP) is -2.74. The zero-order valence-corrected chi connectivity index (χ0v) is 21.3. The van der Waals surface area contributed by atoms with Crippen molar-refractivity contribution in [1.82, 2.24) is 16.0 Å². The number of carbonyl (C=O) groups excluding carboxylic acids is 3. The second-order valence-electron chi connectivity index (χ2n) is 8.23. The van der Waals surface area contributed by atoms with Gasteiger partial charge in [0.25, 0.3) is 0 Å². The molecule has 16 heteroatoms. The van der Waals surface area contributed by atoms with E-state index in [1.165, 1.54) is 12.1 Å². The van der Waals surface area contributed by atoms with Gasteiger partial charge in [-0.1, -0.05) is 12.1 Å². The summed E-state index contributed by atoms with van der Waals surface area (Å²) in [6.45, 7) is 0.139. The molecule has 4 unspecified atom stereocenters. The van der Waals surface area contributed by atoms with E-state index in [1.807, 2.05) is 0 Å². The predicted molar refractivity (Wildman–Crippen MR) is 139 cm³/mol. The number of nitrogens with two attached hydrogens (primary N) is 3. The van der Waals surface area contributed by atoms with Gasteiger partial charge >= 0.3 is 11.9 Å². The van der Waals surface area contributed by atoms with Crippen LogP contribution in [-0.4, -0.2) is 87.4 Å². The van der Waals surface area contributed by atoms with E-state index < -0.39 is 60.2 Å². The third-order valence-electron chi connectivity index (χ3n) is 5.12. The minimum absolute atomic E-state index is 0.0122. The van der Waals surface area contributed by atoms with Gasteiger partial charge in [-0.3, -0.25) is 24.2 Å². The molecule has 0 aliphatic heterocycles. The first-order valence-electron chi connectivity index (χ1n) is 11.4. The Bertz CT molecular complexity index is 1020. The van der Waals surface area contributed by atoms with Gasteiger partial charge in [0.15, 0.2) is 5.96 Å². The minimum atomic E-state index is -1.59. The summed E-state index contributed by atoms with van der Waals surface area (Å²) in [5.41, 5.74) is 16.9. The van der Waals surface area contributed by atoms with Crippen molar-refractivity contribution in [2.24, 2.45) is 22.2 Å². The Balaban J connectivity index is 2.82. The van der Waals surface area contributed by atoms with Crippen LogP contribution >= 0.6 is 12.6 Å². The number of guanidine groups is 1. The van der Waals surface area contributed by atoms with E-state index in [0.717, 1.165) is 0 Å². The molecule has 0 spiro atoms. The molecule has 0 aliphatic carbocycles. The maximum atomic E-state index is 12.8. The minimum Gasteiger partial charge on any atom is -0.508 e. The van der Waals surface area contributed by atoms with Gasteiger partial charge in [-0.15, -0.1) is 0 Å². The number of rotatable bonds is 16. The molecule has 15 nitrogen and oxygen atoms in total. The first kappa shape index (κ1) is 32.0. The number of amides is 3. The van der Waals surface area contributed by atoms with Crippen LogP contribution in [0, 0.1) is 0 Å². The van der Waals surface area contributed by atoms with Crippen molar-refractivity contribution in [3.63, 3.8) is 0 Å². The Morgan fingerprint density at radius 2 is 1.45 bits per heavy atom. The van der Waals surface area contributed by atoms with Crippen LogP contribution in [0.25, 0.3) is 0 Å². The highest BCUT2D eigenvalue weighted by molar-refractivity contribution is 7.80. The fourth-order valence-electron chi connectivity index (χ4n) is 3.14. The number of nitrogens with zero attached hydrogens (tertiary/aromatic N) is 1. The molecule has 0 radical (unpaired) electrons. The Hall–Kier alpha value is -4.05. The Morgan fingerprint density at radius 3 is 1.97 bits per heavy atom. The van der Waals surface area contributed by atoms with Crippen LogP contribution in [0.4, 0.5) is 0 Å². The van der Waals surface area contributed by atoms with Gasteiger partial charge in [0.1, 0.15) is 23.9 Å². The lowest BCUT2D eigenvalue weighted by Gasteiger charge is -2.24. The lowest BCUT2D eigenvalue weighted by molar-refractivity contribution is -0.143. The van der Waals surface area contributed by atoms with Crippen LogP contribution in [0.5, 0.6) is 5.75 Å². The molecular formula is C22H33N7O8S. The molecule has 0 bridgehead atoms. The van der Waals surface area contributed by atoms with Gasteiger partial charge in [-0.2, -0.15) is 12.6 Å². The summed E-state index contributed by atoms with van der Waals surface area (Å²) in [5.74, 6) is -5.85. The second kappa shape index (κ2) is 15.9. The molecule has 12 N–H and O–H groups in total.